The molecule has 0 aromatic carbocycles. The van der Waals surface area contributed by atoms with Crippen molar-refractivity contribution in [3.63, 3.8) is 0 Å². The van der Waals surface area contributed by atoms with Gasteiger partial charge in [0.2, 0.25) is 0 Å². The average molecular weight is 230 g/mol. The van der Waals surface area contributed by atoms with Crippen LogP contribution >= 0.6 is 15.9 Å². The van der Waals surface area contributed by atoms with Gasteiger partial charge < -0.3 is 9.32 Å². The largest absolute Gasteiger partial charge is 0.455 e. The number of hydrogen-bond acceptors (Lipinski definition) is 2. The van der Waals surface area contributed by atoms with Crippen molar-refractivity contribution in [1.29, 1.82) is 0 Å². The van der Waals surface area contributed by atoms with E-state index in [-0.39, 0.29) is 0 Å². The lowest BCUT2D eigenvalue weighted by atomic mass is 10.1. The van der Waals surface area contributed by atoms with Gasteiger partial charge in [0.1, 0.15) is 6.26 Å². The zero-order valence-corrected chi connectivity index (χ0v) is 8.51. The van der Waals surface area contributed by atoms with Crippen LogP contribution in [0.25, 0.3) is 0 Å². The number of nitrogens with zero attached hydrogens (tertiary/aromatic N) is 1. The van der Waals surface area contributed by atoms with Crippen molar-refractivity contribution in [2.24, 2.45) is 0 Å². The second kappa shape index (κ2) is 3.52. The topological polar surface area (TPSA) is 16.4 Å². The molecule has 1 aliphatic rings. The molecule has 0 N–H and O–H groups in total. The zero-order chi connectivity index (χ0) is 8.39. The maximum Gasteiger partial charge on any atom is 0.171 e. The van der Waals surface area contributed by atoms with E-state index in [0.717, 1.165) is 4.67 Å². The fourth-order valence-corrected chi connectivity index (χ4v) is 1.95. The third-order valence-electron chi connectivity index (χ3n) is 2.27. The molecule has 1 aromatic rings. The Balaban J connectivity index is 2.08. The first-order chi connectivity index (χ1) is 5.86. The molecule has 0 saturated carbocycles. The Kier molecular flexibility index (Phi) is 2.40. The first kappa shape index (κ1) is 8.17. The highest BCUT2D eigenvalue weighted by Crippen LogP contribution is 2.24. The van der Waals surface area contributed by atoms with Crippen LogP contribution in [0.5, 0.6) is 0 Å². The molecule has 12 heavy (non-hydrogen) atoms. The van der Waals surface area contributed by atoms with E-state index in [9.17, 15) is 0 Å². The molecule has 0 amide bonds. The molecule has 0 spiro atoms. The molecule has 1 saturated heterocycles. The summed E-state index contributed by atoms with van der Waals surface area (Å²) in [5.74, 6) is 0. The third kappa shape index (κ3) is 1.66. The normalized spacial score (nSPS) is 18.2. The second-order valence-corrected chi connectivity index (χ2v) is 3.94. The summed E-state index contributed by atoms with van der Waals surface area (Å²) in [4.78, 5) is 2.37. The van der Waals surface area contributed by atoms with E-state index in [1.807, 2.05) is 12.3 Å². The first-order valence-corrected chi connectivity index (χ1v) is 5.14. The van der Waals surface area contributed by atoms with E-state index < -0.39 is 0 Å². The fourth-order valence-electron chi connectivity index (χ4n) is 1.62. The van der Waals surface area contributed by atoms with Gasteiger partial charge in [0.25, 0.3) is 0 Å². The van der Waals surface area contributed by atoms with E-state index in [0.29, 0.717) is 0 Å². The van der Waals surface area contributed by atoms with E-state index in [1.165, 1.54) is 38.0 Å². The average Bonchev–Trinajstić information content (AvgIpc) is 2.54. The minimum absolute atomic E-state index is 0.822. The molecule has 0 aliphatic carbocycles. The maximum atomic E-state index is 5.19. The van der Waals surface area contributed by atoms with Crippen molar-refractivity contribution < 1.29 is 4.42 Å². The van der Waals surface area contributed by atoms with Crippen LogP contribution in [0.2, 0.25) is 0 Å². The first-order valence-electron chi connectivity index (χ1n) is 4.35. The minimum Gasteiger partial charge on any atom is -0.455 e. The predicted octanol–water partition coefficient (Wildman–Crippen LogP) is 3.03. The van der Waals surface area contributed by atoms with Gasteiger partial charge in [-0.25, -0.2) is 0 Å². The van der Waals surface area contributed by atoms with Gasteiger partial charge >= 0.3 is 0 Å². The highest BCUT2D eigenvalue weighted by atomic mass is 79.9. The summed E-state index contributed by atoms with van der Waals surface area (Å²) in [5, 5.41) is 0. The Morgan fingerprint density at radius 1 is 1.25 bits per heavy atom. The molecule has 2 rings (SSSR count). The molecule has 0 bridgehead atoms. The number of furan rings is 1. The third-order valence-corrected chi connectivity index (χ3v) is 2.69. The summed E-state index contributed by atoms with van der Waals surface area (Å²) in [7, 11) is 0. The Morgan fingerprint density at radius 3 is 2.58 bits per heavy atom. The zero-order valence-electron chi connectivity index (χ0n) is 6.92. The van der Waals surface area contributed by atoms with Gasteiger partial charge in [-0.2, -0.15) is 0 Å². The molecule has 1 aromatic heterocycles. The standard InChI is InChI=1S/C9H12BrNO/c10-9-6-8(7-12-9)11-4-2-1-3-5-11/h6-7H,1-5H2. The van der Waals surface area contributed by atoms with E-state index >= 15 is 0 Å². The Morgan fingerprint density at radius 2 is 2.00 bits per heavy atom. The van der Waals surface area contributed by atoms with Crippen molar-refractivity contribution in [3.8, 4) is 0 Å². The second-order valence-electron chi connectivity index (χ2n) is 3.16. The quantitative estimate of drug-likeness (QED) is 0.737. The SMILES string of the molecule is Brc1cc(N2CCCCC2)co1. The van der Waals surface area contributed by atoms with Crippen molar-refractivity contribution in [2.75, 3.05) is 18.0 Å². The van der Waals surface area contributed by atoms with Gasteiger partial charge in [-0.1, -0.05) is 0 Å². The van der Waals surface area contributed by atoms with Gasteiger partial charge in [0, 0.05) is 19.2 Å². The molecule has 0 unspecified atom stereocenters. The maximum absolute atomic E-state index is 5.19. The van der Waals surface area contributed by atoms with Crippen molar-refractivity contribution in [1.82, 2.24) is 0 Å². The van der Waals surface area contributed by atoms with Gasteiger partial charge in [-0.3, -0.25) is 0 Å². The van der Waals surface area contributed by atoms with E-state index in [4.69, 9.17) is 4.42 Å². The highest BCUT2D eigenvalue weighted by Gasteiger charge is 2.12. The lowest BCUT2D eigenvalue weighted by Crippen LogP contribution is -2.28. The molecule has 0 radical (unpaired) electrons. The van der Waals surface area contributed by atoms with Crippen LogP contribution in [0.1, 0.15) is 19.3 Å². The van der Waals surface area contributed by atoms with Crippen molar-refractivity contribution in [3.05, 3.63) is 17.0 Å². The van der Waals surface area contributed by atoms with Gasteiger partial charge in [-0.05, 0) is 35.2 Å². The van der Waals surface area contributed by atoms with Crippen LogP contribution in [0.15, 0.2) is 21.4 Å². The summed E-state index contributed by atoms with van der Waals surface area (Å²) in [5.41, 5.74) is 1.21. The van der Waals surface area contributed by atoms with Crippen molar-refractivity contribution >= 4 is 21.6 Å². The van der Waals surface area contributed by atoms with Crippen LogP contribution in [0, 0.1) is 0 Å². The molecule has 1 fully saturated rings. The minimum atomic E-state index is 0.822. The summed E-state index contributed by atoms with van der Waals surface area (Å²) in [6.07, 6.45) is 5.80. The Labute approximate surface area is 80.7 Å². The Hall–Kier alpha value is -0.440. The van der Waals surface area contributed by atoms with Gasteiger partial charge in [0.15, 0.2) is 4.67 Å². The molecule has 2 heterocycles. The van der Waals surface area contributed by atoms with Crippen LogP contribution in [-0.4, -0.2) is 13.1 Å². The van der Waals surface area contributed by atoms with E-state index in [2.05, 4.69) is 20.8 Å². The lowest BCUT2D eigenvalue weighted by molar-refractivity contribution is 0.535. The summed E-state index contributed by atoms with van der Waals surface area (Å²) in [6.45, 7) is 2.35. The number of anilines is 1. The molecular formula is C9H12BrNO. The highest BCUT2D eigenvalue weighted by molar-refractivity contribution is 9.10. The van der Waals surface area contributed by atoms with Crippen LogP contribution < -0.4 is 4.90 Å². The summed E-state index contributed by atoms with van der Waals surface area (Å²) >= 11 is 3.31. The van der Waals surface area contributed by atoms with Crippen molar-refractivity contribution in [2.45, 2.75) is 19.3 Å². The van der Waals surface area contributed by atoms with Gasteiger partial charge in [-0.15, -0.1) is 0 Å². The molecule has 3 heteroatoms. The Bertz CT molecular complexity index is 253. The van der Waals surface area contributed by atoms with Gasteiger partial charge in [0.05, 0.1) is 5.69 Å². The molecule has 1 aliphatic heterocycles. The molecular weight excluding hydrogens is 218 g/mol. The number of piperidine rings is 1. The fraction of sp³-hybridized carbons (Fsp3) is 0.556. The molecule has 2 nitrogen and oxygen atoms in total. The monoisotopic (exact) mass is 229 g/mol. The number of hydrogen-bond donors (Lipinski definition) is 0. The molecule has 0 atom stereocenters. The molecule has 66 valence electrons. The lowest BCUT2D eigenvalue weighted by Gasteiger charge is -2.26. The number of halogens is 1. The predicted molar refractivity (Wildman–Crippen MR) is 52.5 cm³/mol. The number of rotatable bonds is 1. The summed E-state index contributed by atoms with van der Waals surface area (Å²) < 4.78 is 6.02. The van der Waals surface area contributed by atoms with Crippen LogP contribution in [0.4, 0.5) is 5.69 Å². The smallest absolute Gasteiger partial charge is 0.171 e. The van der Waals surface area contributed by atoms with Crippen LogP contribution in [0.3, 0.4) is 0 Å². The van der Waals surface area contributed by atoms with Crippen LogP contribution in [-0.2, 0) is 0 Å². The summed E-state index contributed by atoms with van der Waals surface area (Å²) in [6, 6.07) is 2.03. The van der Waals surface area contributed by atoms with E-state index in [1.54, 1.807) is 0 Å².